The number of halogens is 1. The second kappa shape index (κ2) is 13.8. The van der Waals surface area contributed by atoms with E-state index in [-0.39, 0.29) is 31.3 Å². The molecule has 0 unspecified atom stereocenters. The van der Waals surface area contributed by atoms with Gasteiger partial charge < -0.3 is 18.9 Å². The molecule has 0 aliphatic carbocycles. The van der Waals surface area contributed by atoms with Crippen LogP contribution in [0.3, 0.4) is 0 Å². The molecule has 9 nitrogen and oxygen atoms in total. The lowest BCUT2D eigenvalue weighted by Gasteiger charge is -2.42. The molecule has 2 saturated heterocycles. The molecule has 1 spiro atoms. The van der Waals surface area contributed by atoms with Crippen LogP contribution in [0.15, 0.2) is 59.1 Å². The van der Waals surface area contributed by atoms with E-state index in [9.17, 15) is 14.4 Å². The van der Waals surface area contributed by atoms with Crippen LogP contribution < -0.4 is 4.90 Å². The highest BCUT2D eigenvalue weighted by molar-refractivity contribution is 9.10. The Bertz CT molecular complexity index is 1580. The van der Waals surface area contributed by atoms with E-state index in [1.165, 1.54) is 4.90 Å². The zero-order valence-electron chi connectivity index (χ0n) is 28.0. The second-order valence-electron chi connectivity index (χ2n) is 14.8. The largest absolute Gasteiger partial charge is 0.361 e. The van der Waals surface area contributed by atoms with Crippen LogP contribution in [0.25, 0.3) is 10.9 Å². The molecule has 2 aliphatic rings. The molecule has 248 valence electrons. The van der Waals surface area contributed by atoms with E-state index in [1.807, 2.05) is 47.0 Å². The molecule has 1 aromatic heterocycles. The number of hydrogen-bond donors (Lipinski definition) is 0. The van der Waals surface area contributed by atoms with Crippen molar-refractivity contribution in [1.29, 1.82) is 0 Å². The van der Waals surface area contributed by atoms with E-state index in [0.717, 1.165) is 27.5 Å². The molecule has 5 rings (SSSR count). The van der Waals surface area contributed by atoms with Crippen molar-refractivity contribution in [2.75, 3.05) is 37.9 Å². The second-order valence-corrected chi connectivity index (χ2v) is 26.9. The first kappa shape index (κ1) is 34.6. The number of nitrogens with zero attached hydrogens (tertiary/aromatic N) is 4. The van der Waals surface area contributed by atoms with Crippen LogP contribution in [0.5, 0.6) is 0 Å². The number of benzene rings is 2. The Labute approximate surface area is 282 Å². The summed E-state index contributed by atoms with van der Waals surface area (Å²) in [6.45, 7) is 16.0. The van der Waals surface area contributed by atoms with Gasteiger partial charge in [-0.25, -0.2) is 9.69 Å². The number of urea groups is 1. The number of ether oxygens (including phenoxy) is 2. The molecule has 3 aromatic rings. The Morgan fingerprint density at radius 2 is 1.46 bits per heavy atom. The number of anilines is 1. The maximum absolute atomic E-state index is 14.2. The van der Waals surface area contributed by atoms with Crippen LogP contribution in [0, 0.1) is 0 Å². The highest BCUT2D eigenvalue weighted by Gasteiger charge is 2.59. The molecule has 0 bridgehead atoms. The van der Waals surface area contributed by atoms with Gasteiger partial charge in [0.05, 0.1) is 11.2 Å². The molecular weight excluding hydrogens is 680 g/mol. The summed E-state index contributed by atoms with van der Waals surface area (Å²) >= 11 is 3.66. The summed E-state index contributed by atoms with van der Waals surface area (Å²) in [5.74, 6) is -0.361. The molecule has 0 atom stereocenters. The van der Waals surface area contributed by atoms with Gasteiger partial charge in [-0.3, -0.25) is 14.5 Å². The summed E-state index contributed by atoms with van der Waals surface area (Å²) < 4.78 is 15.1. The summed E-state index contributed by atoms with van der Waals surface area (Å²) in [5.41, 5.74) is 0.954. The van der Waals surface area contributed by atoms with Crippen LogP contribution in [0.1, 0.15) is 23.3 Å². The minimum Gasteiger partial charge on any atom is -0.361 e. The van der Waals surface area contributed by atoms with E-state index in [0.29, 0.717) is 50.5 Å². The quantitative estimate of drug-likeness (QED) is 0.110. The van der Waals surface area contributed by atoms with E-state index >= 15 is 0 Å². The topological polar surface area (TPSA) is 84.3 Å². The number of fused-ring (bicyclic) bond motifs is 1. The number of amides is 4. The third kappa shape index (κ3) is 7.36. The molecule has 0 N–H and O–H groups in total. The molecule has 2 aliphatic heterocycles. The van der Waals surface area contributed by atoms with Crippen molar-refractivity contribution in [3.63, 3.8) is 0 Å². The fraction of sp³-hybridized carbons (Fsp3) is 0.500. The molecule has 2 fully saturated rings. The monoisotopic (exact) mass is 726 g/mol. The smallest absolute Gasteiger partial charge is 0.334 e. The minimum atomic E-state index is -1.34. The van der Waals surface area contributed by atoms with Crippen molar-refractivity contribution in [1.82, 2.24) is 14.4 Å². The fourth-order valence-electron chi connectivity index (χ4n) is 6.06. The Kier molecular flexibility index (Phi) is 10.3. The number of carbonyl (C=O) groups is 3. The van der Waals surface area contributed by atoms with Crippen LogP contribution in [0.4, 0.5) is 10.5 Å². The first-order valence-corrected chi connectivity index (χ1v) is 24.4. The lowest BCUT2D eigenvalue weighted by Crippen LogP contribution is -2.58. The van der Waals surface area contributed by atoms with Crippen molar-refractivity contribution < 1.29 is 23.9 Å². The van der Waals surface area contributed by atoms with Crippen molar-refractivity contribution in [2.24, 2.45) is 0 Å². The average Bonchev–Trinajstić information content (AvgIpc) is 3.46. The van der Waals surface area contributed by atoms with Gasteiger partial charge in [-0.15, -0.1) is 0 Å². The van der Waals surface area contributed by atoms with Crippen LogP contribution >= 0.6 is 15.9 Å². The number of imide groups is 1. The van der Waals surface area contributed by atoms with E-state index < -0.39 is 21.7 Å². The molecule has 12 heteroatoms. The third-order valence-electron chi connectivity index (χ3n) is 8.98. The van der Waals surface area contributed by atoms with Gasteiger partial charge in [-0.05, 0) is 55.3 Å². The summed E-state index contributed by atoms with van der Waals surface area (Å²) in [6, 6.07) is 18.6. The van der Waals surface area contributed by atoms with E-state index in [2.05, 4.69) is 55.2 Å². The summed E-state index contributed by atoms with van der Waals surface area (Å²) in [6.07, 6.45) is 0.668. The zero-order chi connectivity index (χ0) is 33.3. The Morgan fingerprint density at radius 1 is 0.848 bits per heavy atom. The fourth-order valence-corrected chi connectivity index (χ4v) is 8.04. The van der Waals surface area contributed by atoms with Gasteiger partial charge in [0, 0.05) is 52.3 Å². The average molecular weight is 728 g/mol. The van der Waals surface area contributed by atoms with Gasteiger partial charge in [0.2, 0.25) is 0 Å². The first-order valence-electron chi connectivity index (χ1n) is 16.2. The SMILES string of the molecule is C[Si](C)(C)CCOCN1C(=O)N(c2ccccc2)C(=O)C12CCN(C(=O)c1cc3c(Br)cccc3n1COCC[Si](C)(C)C)CC2. The van der Waals surface area contributed by atoms with Crippen molar-refractivity contribution in [3.05, 3.63) is 64.8 Å². The number of para-hydroxylation sites is 1. The van der Waals surface area contributed by atoms with Gasteiger partial charge in [0.25, 0.3) is 11.8 Å². The first-order chi connectivity index (χ1) is 21.7. The van der Waals surface area contributed by atoms with Crippen molar-refractivity contribution in [3.8, 4) is 0 Å². The Balaban J connectivity index is 1.37. The van der Waals surface area contributed by atoms with Gasteiger partial charge in [-0.1, -0.05) is 79.5 Å². The lowest BCUT2D eigenvalue weighted by atomic mass is 9.86. The minimum absolute atomic E-state index is 0.0450. The standard InChI is InChI=1S/C34H47BrN4O5Si2/c1-45(2,3)21-19-43-24-37-29-14-10-13-28(35)27(29)23-30(37)31(40)36-17-15-34(16-18-36)32(41)39(26-11-8-7-9-12-26)33(42)38(34)25-44-20-22-46(4,5)6/h7-14,23H,15-22,24-25H2,1-6H3. The molecular formula is C34H47BrN4O5Si2. The predicted octanol–water partition coefficient (Wildman–Crippen LogP) is 7.47. The molecule has 0 radical (unpaired) electrons. The van der Waals surface area contributed by atoms with Gasteiger partial charge in [-0.2, -0.15) is 0 Å². The summed E-state index contributed by atoms with van der Waals surface area (Å²) in [7, 11) is -2.60. The number of likely N-dealkylation sites (tertiary alicyclic amines) is 1. The van der Waals surface area contributed by atoms with E-state index in [1.54, 1.807) is 21.9 Å². The zero-order valence-corrected chi connectivity index (χ0v) is 31.6. The predicted molar refractivity (Wildman–Crippen MR) is 192 cm³/mol. The van der Waals surface area contributed by atoms with Crippen molar-refractivity contribution in [2.45, 2.75) is 76.5 Å². The van der Waals surface area contributed by atoms with Crippen LogP contribution in [-0.4, -0.2) is 86.9 Å². The molecule has 0 saturated carbocycles. The highest BCUT2D eigenvalue weighted by atomic mass is 79.9. The van der Waals surface area contributed by atoms with Gasteiger partial charge >= 0.3 is 6.03 Å². The number of rotatable bonds is 12. The number of hydrogen-bond acceptors (Lipinski definition) is 5. The normalized spacial score (nSPS) is 17.2. The summed E-state index contributed by atoms with van der Waals surface area (Å²) in [4.78, 5) is 46.9. The number of carbonyl (C=O) groups excluding carboxylic acids is 3. The van der Waals surface area contributed by atoms with E-state index in [4.69, 9.17) is 9.47 Å². The van der Waals surface area contributed by atoms with Crippen molar-refractivity contribution >= 4 is 66.5 Å². The Hall–Kier alpha value is -2.78. The van der Waals surface area contributed by atoms with Gasteiger partial charge in [0.15, 0.2) is 0 Å². The number of piperidine rings is 1. The lowest BCUT2D eigenvalue weighted by molar-refractivity contribution is -0.129. The third-order valence-corrected chi connectivity index (χ3v) is 13.1. The summed E-state index contributed by atoms with van der Waals surface area (Å²) in [5, 5.41) is 0.949. The maximum atomic E-state index is 14.2. The molecule has 3 heterocycles. The van der Waals surface area contributed by atoms with Crippen LogP contribution in [-0.2, 0) is 21.0 Å². The number of aromatic nitrogens is 1. The molecule has 2 aromatic carbocycles. The van der Waals surface area contributed by atoms with Gasteiger partial charge in [0.1, 0.15) is 24.7 Å². The van der Waals surface area contributed by atoms with Crippen LogP contribution in [0.2, 0.25) is 51.4 Å². The molecule has 4 amide bonds. The Morgan fingerprint density at radius 3 is 2.07 bits per heavy atom. The maximum Gasteiger partial charge on any atom is 0.334 e. The molecule has 46 heavy (non-hydrogen) atoms. The highest BCUT2D eigenvalue weighted by Crippen LogP contribution is 2.40.